The molecule has 5 heteroatoms. The summed E-state index contributed by atoms with van der Waals surface area (Å²) in [5, 5.41) is 4.86. The molecule has 2 aromatic carbocycles. The Hall–Kier alpha value is -2.40. The number of carbonyl (C=O) groups excluding carboxylic acids is 1. The molecule has 1 aromatic heterocycles. The average molecular weight is 337 g/mol. The Morgan fingerprint density at radius 3 is 2.58 bits per heavy atom. The van der Waals surface area contributed by atoms with Gasteiger partial charge in [0.1, 0.15) is 10.9 Å². The Morgan fingerprint density at radius 1 is 1.08 bits per heavy atom. The van der Waals surface area contributed by atoms with Crippen molar-refractivity contribution in [3.05, 3.63) is 66.0 Å². The normalized spacial score (nSPS) is 12.1. The highest BCUT2D eigenvalue weighted by molar-refractivity contribution is 8.00. The summed E-state index contributed by atoms with van der Waals surface area (Å²) < 4.78 is 0. The highest BCUT2D eigenvalue weighted by Crippen LogP contribution is 2.25. The van der Waals surface area contributed by atoms with Crippen LogP contribution < -0.4 is 5.32 Å². The van der Waals surface area contributed by atoms with Crippen LogP contribution in [0.2, 0.25) is 0 Å². The lowest BCUT2D eigenvalue weighted by atomic mass is 10.1. The minimum Gasteiger partial charge on any atom is -0.349 e. The summed E-state index contributed by atoms with van der Waals surface area (Å²) in [6.07, 6.45) is 0. The van der Waals surface area contributed by atoms with Gasteiger partial charge in [-0.05, 0) is 25.5 Å². The molecule has 0 aliphatic heterocycles. The minimum absolute atomic E-state index is 0.00306. The van der Waals surface area contributed by atoms with Gasteiger partial charge in [0.25, 0.3) is 0 Å². The van der Waals surface area contributed by atoms with Gasteiger partial charge in [0.2, 0.25) is 5.91 Å². The van der Waals surface area contributed by atoms with Crippen molar-refractivity contribution in [2.24, 2.45) is 0 Å². The van der Waals surface area contributed by atoms with Gasteiger partial charge in [-0.15, -0.1) is 0 Å². The van der Waals surface area contributed by atoms with E-state index in [0.29, 0.717) is 11.6 Å². The maximum absolute atomic E-state index is 12.2. The minimum atomic E-state index is -0.0109. The van der Waals surface area contributed by atoms with E-state index in [9.17, 15) is 4.79 Å². The van der Waals surface area contributed by atoms with Crippen LogP contribution in [0.5, 0.6) is 0 Å². The van der Waals surface area contributed by atoms with E-state index in [0.717, 1.165) is 21.5 Å². The molecule has 3 rings (SSSR count). The van der Waals surface area contributed by atoms with E-state index in [2.05, 4.69) is 15.3 Å². The standard InChI is InChI=1S/C19H19N3OS/c1-13(15-8-4-3-5-9-15)20-18(23)12-24-19-16-10-6-7-11-17(16)21-14(2)22-19/h3-11,13H,12H2,1-2H3,(H,20,23). The molecule has 4 nitrogen and oxygen atoms in total. The first-order valence-corrected chi connectivity index (χ1v) is 8.82. The molecule has 122 valence electrons. The average Bonchev–Trinajstić information content (AvgIpc) is 2.60. The van der Waals surface area contributed by atoms with Crippen molar-refractivity contribution in [1.29, 1.82) is 0 Å². The van der Waals surface area contributed by atoms with Gasteiger partial charge in [0.15, 0.2) is 0 Å². The van der Waals surface area contributed by atoms with Crippen molar-refractivity contribution < 1.29 is 4.79 Å². The zero-order chi connectivity index (χ0) is 16.9. The Bertz CT molecular complexity index is 852. The molecule has 0 saturated heterocycles. The van der Waals surface area contributed by atoms with Gasteiger partial charge in [-0.1, -0.05) is 60.3 Å². The summed E-state index contributed by atoms with van der Waals surface area (Å²) in [5.41, 5.74) is 2.00. The smallest absolute Gasteiger partial charge is 0.230 e. The molecule has 1 unspecified atom stereocenters. The molecule has 1 heterocycles. The topological polar surface area (TPSA) is 54.9 Å². The van der Waals surface area contributed by atoms with Gasteiger partial charge >= 0.3 is 0 Å². The van der Waals surface area contributed by atoms with E-state index >= 15 is 0 Å². The first-order valence-electron chi connectivity index (χ1n) is 7.84. The fourth-order valence-electron chi connectivity index (χ4n) is 2.51. The largest absolute Gasteiger partial charge is 0.349 e. The summed E-state index contributed by atoms with van der Waals surface area (Å²) in [7, 11) is 0. The molecule has 24 heavy (non-hydrogen) atoms. The van der Waals surface area contributed by atoms with Gasteiger partial charge in [-0.2, -0.15) is 0 Å². The van der Waals surface area contributed by atoms with Crippen LogP contribution in [0, 0.1) is 6.92 Å². The van der Waals surface area contributed by atoms with Crippen molar-refractivity contribution in [1.82, 2.24) is 15.3 Å². The van der Waals surface area contributed by atoms with Crippen LogP contribution in [0.4, 0.5) is 0 Å². The number of nitrogens with one attached hydrogen (secondary N) is 1. The monoisotopic (exact) mass is 337 g/mol. The third-order valence-electron chi connectivity index (χ3n) is 3.70. The summed E-state index contributed by atoms with van der Waals surface area (Å²) in [5.74, 6) is 1.04. The maximum Gasteiger partial charge on any atom is 0.230 e. The van der Waals surface area contributed by atoms with Crippen molar-refractivity contribution in [2.75, 3.05) is 5.75 Å². The second kappa shape index (κ2) is 7.45. The zero-order valence-electron chi connectivity index (χ0n) is 13.7. The number of hydrogen-bond acceptors (Lipinski definition) is 4. The lowest BCUT2D eigenvalue weighted by Gasteiger charge is -2.14. The second-order valence-electron chi connectivity index (χ2n) is 5.58. The molecule has 1 N–H and O–H groups in total. The molecule has 0 fully saturated rings. The number of nitrogens with zero attached hydrogens (tertiary/aromatic N) is 2. The van der Waals surface area contributed by atoms with Gasteiger partial charge in [0.05, 0.1) is 17.3 Å². The van der Waals surface area contributed by atoms with Crippen molar-refractivity contribution >= 4 is 28.6 Å². The Labute approximate surface area is 145 Å². The Kier molecular flexibility index (Phi) is 5.11. The highest BCUT2D eigenvalue weighted by atomic mass is 32.2. The van der Waals surface area contributed by atoms with Crippen molar-refractivity contribution in [3.63, 3.8) is 0 Å². The zero-order valence-corrected chi connectivity index (χ0v) is 14.5. The molecule has 0 saturated carbocycles. The van der Waals surface area contributed by atoms with Gasteiger partial charge in [0, 0.05) is 5.39 Å². The summed E-state index contributed by atoms with van der Waals surface area (Å²) in [6, 6.07) is 17.8. The molecule has 1 amide bonds. The van der Waals surface area contributed by atoms with Crippen molar-refractivity contribution in [2.45, 2.75) is 24.9 Å². The number of para-hydroxylation sites is 1. The van der Waals surface area contributed by atoms with Crippen LogP contribution in [0.3, 0.4) is 0 Å². The summed E-state index contributed by atoms with van der Waals surface area (Å²) in [6.45, 7) is 3.86. The van der Waals surface area contributed by atoms with E-state index in [1.54, 1.807) is 0 Å². The SMILES string of the molecule is Cc1nc(SCC(=O)NC(C)c2ccccc2)c2ccccc2n1. The number of fused-ring (bicyclic) bond motifs is 1. The van der Waals surface area contributed by atoms with Crippen LogP contribution >= 0.6 is 11.8 Å². The van der Waals surface area contributed by atoms with Gasteiger partial charge in [-0.3, -0.25) is 4.79 Å². The molecule has 0 aliphatic carbocycles. The maximum atomic E-state index is 12.2. The number of rotatable bonds is 5. The molecule has 1 atom stereocenters. The lowest BCUT2D eigenvalue weighted by molar-refractivity contribution is -0.119. The van der Waals surface area contributed by atoms with Crippen LogP contribution in [0.25, 0.3) is 10.9 Å². The fourth-order valence-corrected chi connectivity index (χ4v) is 3.39. The number of carbonyl (C=O) groups is 1. The van der Waals surface area contributed by atoms with E-state index in [-0.39, 0.29) is 11.9 Å². The van der Waals surface area contributed by atoms with E-state index in [1.165, 1.54) is 11.8 Å². The third-order valence-corrected chi connectivity index (χ3v) is 4.69. The first-order chi connectivity index (χ1) is 11.6. The molecular weight excluding hydrogens is 318 g/mol. The fraction of sp³-hybridized carbons (Fsp3) is 0.211. The summed E-state index contributed by atoms with van der Waals surface area (Å²) in [4.78, 5) is 21.2. The van der Waals surface area contributed by atoms with Crippen LogP contribution in [0.1, 0.15) is 24.4 Å². The number of aryl methyl sites for hydroxylation is 1. The van der Waals surface area contributed by atoms with E-state index in [1.807, 2.05) is 68.4 Å². The second-order valence-corrected chi connectivity index (χ2v) is 6.55. The molecule has 3 aromatic rings. The number of thioether (sulfide) groups is 1. The first kappa shape index (κ1) is 16.5. The van der Waals surface area contributed by atoms with Crippen molar-refractivity contribution in [3.8, 4) is 0 Å². The number of amides is 1. The van der Waals surface area contributed by atoms with E-state index < -0.39 is 0 Å². The molecular formula is C19H19N3OS. The number of hydrogen-bond donors (Lipinski definition) is 1. The summed E-state index contributed by atoms with van der Waals surface area (Å²) >= 11 is 1.45. The number of aromatic nitrogens is 2. The van der Waals surface area contributed by atoms with Gasteiger partial charge in [-0.25, -0.2) is 9.97 Å². The van der Waals surface area contributed by atoms with Crippen LogP contribution in [-0.2, 0) is 4.79 Å². The van der Waals surface area contributed by atoms with Crippen LogP contribution in [-0.4, -0.2) is 21.6 Å². The lowest BCUT2D eigenvalue weighted by Crippen LogP contribution is -2.28. The Morgan fingerprint density at radius 2 is 1.79 bits per heavy atom. The molecule has 0 bridgehead atoms. The molecule has 0 radical (unpaired) electrons. The predicted molar refractivity (Wildman–Crippen MR) is 98.0 cm³/mol. The van der Waals surface area contributed by atoms with Gasteiger partial charge < -0.3 is 5.32 Å². The predicted octanol–water partition coefficient (Wildman–Crippen LogP) is 3.91. The molecule has 0 spiro atoms. The number of benzene rings is 2. The molecule has 0 aliphatic rings. The Balaban J connectivity index is 1.66. The third kappa shape index (κ3) is 3.92. The quantitative estimate of drug-likeness (QED) is 0.566. The van der Waals surface area contributed by atoms with E-state index in [4.69, 9.17) is 0 Å². The highest BCUT2D eigenvalue weighted by Gasteiger charge is 2.12. The van der Waals surface area contributed by atoms with Crippen LogP contribution in [0.15, 0.2) is 59.6 Å².